The zero-order valence-electron chi connectivity index (χ0n) is 13.8. The number of carbonyl (C=O) groups is 1. The molecule has 1 saturated heterocycles. The molecule has 5 nitrogen and oxygen atoms in total. The number of aromatic nitrogens is 2. The smallest absolute Gasteiger partial charge is 0.229 e. The number of rotatable bonds is 3. The first-order valence-corrected chi connectivity index (χ1v) is 8.57. The second-order valence-electron chi connectivity index (χ2n) is 6.38. The third kappa shape index (κ3) is 3.09. The highest BCUT2D eigenvalue weighted by molar-refractivity contribution is 5.80. The van der Waals surface area contributed by atoms with Gasteiger partial charge in [0.05, 0.1) is 12.5 Å². The molecule has 1 aromatic heterocycles. The Morgan fingerprint density at radius 1 is 1.28 bits per heavy atom. The van der Waals surface area contributed by atoms with Gasteiger partial charge in [0.25, 0.3) is 0 Å². The van der Waals surface area contributed by atoms with Crippen molar-refractivity contribution in [3.63, 3.8) is 0 Å². The van der Waals surface area contributed by atoms with Crippen LogP contribution >= 0.6 is 0 Å². The highest BCUT2D eigenvalue weighted by Crippen LogP contribution is 2.36. The number of amides is 1. The van der Waals surface area contributed by atoms with Crippen molar-refractivity contribution in [1.82, 2.24) is 14.5 Å². The average Bonchev–Trinajstić information content (AvgIpc) is 3.30. The lowest BCUT2D eigenvalue weighted by atomic mass is 9.98. The molecule has 2 aliphatic rings. The standard InChI is InChI=1S/C19H20FN3O2/c20-14-5-4-10-22(13-14)19(24)16-8-12-25-17(16)18-21-9-11-23(18)15-6-2-1-3-7-15/h1-3,5-7,9,11,16-17H,4,8,10,12-13H2/t16-,17-/m1/s1. The van der Waals surface area contributed by atoms with E-state index in [1.54, 1.807) is 17.2 Å². The van der Waals surface area contributed by atoms with Gasteiger partial charge in [-0.05, 0) is 31.1 Å². The lowest BCUT2D eigenvalue weighted by Gasteiger charge is -2.29. The van der Waals surface area contributed by atoms with E-state index in [-0.39, 0.29) is 24.2 Å². The Morgan fingerprint density at radius 3 is 2.92 bits per heavy atom. The molecule has 25 heavy (non-hydrogen) atoms. The molecule has 0 spiro atoms. The van der Waals surface area contributed by atoms with Crippen molar-refractivity contribution < 1.29 is 13.9 Å². The number of benzene rings is 1. The minimum Gasteiger partial charge on any atom is -0.369 e. The van der Waals surface area contributed by atoms with E-state index in [9.17, 15) is 9.18 Å². The quantitative estimate of drug-likeness (QED) is 0.862. The third-order valence-electron chi connectivity index (χ3n) is 4.79. The first-order valence-electron chi connectivity index (χ1n) is 8.57. The number of nitrogens with zero attached hydrogens (tertiary/aromatic N) is 3. The molecule has 3 heterocycles. The largest absolute Gasteiger partial charge is 0.369 e. The van der Waals surface area contributed by atoms with Crippen LogP contribution in [0.1, 0.15) is 24.8 Å². The van der Waals surface area contributed by atoms with Crippen LogP contribution in [0.25, 0.3) is 5.69 Å². The molecule has 0 unspecified atom stereocenters. The van der Waals surface area contributed by atoms with E-state index in [4.69, 9.17) is 4.74 Å². The summed E-state index contributed by atoms with van der Waals surface area (Å²) >= 11 is 0. The SMILES string of the molecule is O=C([C@@H]1CCO[C@H]1c1nccn1-c1ccccc1)N1CCC=C(F)C1. The second-order valence-corrected chi connectivity index (χ2v) is 6.38. The molecule has 0 N–H and O–H groups in total. The number of imidazole rings is 1. The van der Waals surface area contributed by atoms with E-state index in [0.29, 0.717) is 26.0 Å². The number of hydrogen-bond acceptors (Lipinski definition) is 3. The minimum absolute atomic E-state index is 0.0478. The van der Waals surface area contributed by atoms with Crippen LogP contribution in [0.3, 0.4) is 0 Å². The van der Waals surface area contributed by atoms with E-state index in [0.717, 1.165) is 11.5 Å². The molecule has 1 aromatic carbocycles. The Bertz CT molecular complexity index is 787. The number of ether oxygens (including phenoxy) is 1. The van der Waals surface area contributed by atoms with Gasteiger partial charge >= 0.3 is 0 Å². The van der Waals surface area contributed by atoms with Gasteiger partial charge in [0.15, 0.2) is 0 Å². The maximum atomic E-state index is 13.6. The maximum absolute atomic E-state index is 13.6. The first-order chi connectivity index (χ1) is 12.2. The van der Waals surface area contributed by atoms with Gasteiger partial charge in [0.2, 0.25) is 5.91 Å². The van der Waals surface area contributed by atoms with Gasteiger partial charge in [-0.25, -0.2) is 9.37 Å². The molecular weight excluding hydrogens is 321 g/mol. The summed E-state index contributed by atoms with van der Waals surface area (Å²) in [4.78, 5) is 19.0. The van der Waals surface area contributed by atoms with E-state index < -0.39 is 6.10 Å². The molecule has 1 amide bonds. The topological polar surface area (TPSA) is 47.4 Å². The summed E-state index contributed by atoms with van der Waals surface area (Å²) in [6, 6.07) is 9.85. The average molecular weight is 341 g/mol. The van der Waals surface area contributed by atoms with Crippen molar-refractivity contribution >= 4 is 5.91 Å². The monoisotopic (exact) mass is 341 g/mol. The summed E-state index contributed by atoms with van der Waals surface area (Å²) in [7, 11) is 0. The molecule has 0 bridgehead atoms. The molecular formula is C19H20FN3O2. The van der Waals surface area contributed by atoms with Gasteiger partial charge in [-0.3, -0.25) is 4.79 Å². The lowest BCUT2D eigenvalue weighted by molar-refractivity contribution is -0.137. The van der Waals surface area contributed by atoms with Crippen LogP contribution in [0.2, 0.25) is 0 Å². The van der Waals surface area contributed by atoms with E-state index in [1.165, 1.54) is 0 Å². The second kappa shape index (κ2) is 6.80. The summed E-state index contributed by atoms with van der Waals surface area (Å²) in [5.74, 6) is 0.111. The lowest BCUT2D eigenvalue weighted by Crippen LogP contribution is -2.40. The van der Waals surface area contributed by atoms with Gasteiger partial charge in [-0.1, -0.05) is 18.2 Å². The molecule has 0 saturated carbocycles. The predicted molar refractivity (Wildman–Crippen MR) is 90.8 cm³/mol. The Balaban J connectivity index is 1.60. The van der Waals surface area contributed by atoms with Crippen molar-refractivity contribution in [2.75, 3.05) is 19.7 Å². The maximum Gasteiger partial charge on any atom is 0.229 e. The fraction of sp³-hybridized carbons (Fsp3) is 0.368. The van der Waals surface area contributed by atoms with Gasteiger partial charge in [-0.2, -0.15) is 0 Å². The van der Waals surface area contributed by atoms with E-state index in [1.807, 2.05) is 41.1 Å². The van der Waals surface area contributed by atoms with Crippen LogP contribution in [0.4, 0.5) is 4.39 Å². The summed E-state index contributed by atoms with van der Waals surface area (Å²) in [6.45, 7) is 1.13. The Labute approximate surface area is 145 Å². The molecule has 6 heteroatoms. The van der Waals surface area contributed by atoms with Crippen LogP contribution in [-0.2, 0) is 9.53 Å². The zero-order chi connectivity index (χ0) is 17.2. The summed E-state index contributed by atoms with van der Waals surface area (Å²) in [6.07, 6.45) is 5.93. The Hall–Kier alpha value is -2.47. The van der Waals surface area contributed by atoms with Gasteiger partial charge in [0.1, 0.15) is 17.8 Å². The fourth-order valence-electron chi connectivity index (χ4n) is 3.55. The van der Waals surface area contributed by atoms with Crippen molar-refractivity contribution in [3.05, 3.63) is 60.5 Å². The van der Waals surface area contributed by atoms with Crippen LogP contribution in [0.5, 0.6) is 0 Å². The molecule has 0 radical (unpaired) electrons. The van der Waals surface area contributed by atoms with E-state index >= 15 is 0 Å². The van der Waals surface area contributed by atoms with Crippen LogP contribution < -0.4 is 0 Å². The Morgan fingerprint density at radius 2 is 2.12 bits per heavy atom. The van der Waals surface area contributed by atoms with Crippen LogP contribution in [0.15, 0.2) is 54.6 Å². The van der Waals surface area contributed by atoms with Crippen molar-refractivity contribution in [3.8, 4) is 5.69 Å². The molecule has 2 aliphatic heterocycles. The van der Waals surface area contributed by atoms with Gasteiger partial charge in [0, 0.05) is 31.2 Å². The summed E-state index contributed by atoms with van der Waals surface area (Å²) < 4.78 is 21.4. The molecule has 2 atom stereocenters. The third-order valence-corrected chi connectivity index (χ3v) is 4.79. The number of halogens is 1. The van der Waals surface area contributed by atoms with E-state index in [2.05, 4.69) is 4.98 Å². The van der Waals surface area contributed by atoms with Gasteiger partial charge in [-0.15, -0.1) is 0 Å². The fourth-order valence-corrected chi connectivity index (χ4v) is 3.55. The number of para-hydroxylation sites is 1. The summed E-state index contributed by atoms with van der Waals surface area (Å²) in [5.41, 5.74) is 0.976. The van der Waals surface area contributed by atoms with Crippen molar-refractivity contribution in [2.24, 2.45) is 5.92 Å². The zero-order valence-corrected chi connectivity index (χ0v) is 13.8. The minimum atomic E-state index is -0.406. The molecule has 1 fully saturated rings. The normalized spacial score (nSPS) is 23.6. The number of carbonyl (C=O) groups excluding carboxylic acids is 1. The highest BCUT2D eigenvalue weighted by Gasteiger charge is 2.40. The summed E-state index contributed by atoms with van der Waals surface area (Å²) in [5, 5.41) is 0. The first kappa shape index (κ1) is 16.0. The van der Waals surface area contributed by atoms with Gasteiger partial charge < -0.3 is 14.2 Å². The molecule has 0 aliphatic carbocycles. The van der Waals surface area contributed by atoms with Crippen LogP contribution in [0, 0.1) is 5.92 Å². The number of hydrogen-bond donors (Lipinski definition) is 0. The predicted octanol–water partition coefficient (Wildman–Crippen LogP) is 3.04. The Kier molecular flexibility index (Phi) is 4.36. The molecule has 2 aromatic rings. The molecule has 130 valence electrons. The van der Waals surface area contributed by atoms with Crippen LogP contribution in [-0.4, -0.2) is 40.1 Å². The van der Waals surface area contributed by atoms with Crippen molar-refractivity contribution in [2.45, 2.75) is 18.9 Å². The molecule has 4 rings (SSSR count). The van der Waals surface area contributed by atoms with Crippen molar-refractivity contribution in [1.29, 1.82) is 0 Å². The highest BCUT2D eigenvalue weighted by atomic mass is 19.1.